The third-order valence-corrected chi connectivity index (χ3v) is 1.58. The second-order valence-electron chi connectivity index (χ2n) is 2.63. The molecule has 74 valence electrons. The van der Waals surface area contributed by atoms with Crippen LogP contribution in [0.25, 0.3) is 0 Å². The molecular weight excluding hydrogens is 210 g/mol. The number of benzene rings is 1. The summed E-state index contributed by atoms with van der Waals surface area (Å²) in [5.41, 5.74) is 1.37. The minimum absolute atomic E-state index is 0.166. The SMILES string of the molecule is O=C(O)CC#Cc1cccc(N=C=S)c1. The maximum atomic E-state index is 10.2. The Morgan fingerprint density at radius 2 is 2.33 bits per heavy atom. The van der Waals surface area contributed by atoms with Crippen LogP contribution in [0.5, 0.6) is 0 Å². The van der Waals surface area contributed by atoms with Gasteiger partial charge >= 0.3 is 5.97 Å². The van der Waals surface area contributed by atoms with Crippen LogP contribution < -0.4 is 0 Å². The number of rotatable bonds is 2. The van der Waals surface area contributed by atoms with Crippen LogP contribution in [0.3, 0.4) is 0 Å². The van der Waals surface area contributed by atoms with E-state index in [-0.39, 0.29) is 6.42 Å². The van der Waals surface area contributed by atoms with E-state index >= 15 is 0 Å². The Hall–Kier alpha value is -1.95. The lowest BCUT2D eigenvalue weighted by molar-refractivity contribution is -0.135. The van der Waals surface area contributed by atoms with E-state index in [9.17, 15) is 4.79 Å². The van der Waals surface area contributed by atoms with Crippen molar-refractivity contribution in [3.63, 3.8) is 0 Å². The van der Waals surface area contributed by atoms with Gasteiger partial charge in [-0.2, -0.15) is 4.99 Å². The van der Waals surface area contributed by atoms with Gasteiger partial charge in [0.15, 0.2) is 0 Å². The maximum absolute atomic E-state index is 10.2. The monoisotopic (exact) mass is 217 g/mol. The van der Waals surface area contributed by atoms with Gasteiger partial charge in [-0.15, -0.1) is 0 Å². The molecule has 0 spiro atoms. The van der Waals surface area contributed by atoms with Crippen molar-refractivity contribution in [3.05, 3.63) is 29.8 Å². The van der Waals surface area contributed by atoms with E-state index < -0.39 is 5.97 Å². The quantitative estimate of drug-likeness (QED) is 0.469. The Kier molecular flexibility index (Phi) is 4.24. The third kappa shape index (κ3) is 4.19. The number of carboxylic acids is 1. The minimum Gasteiger partial charge on any atom is -0.481 e. The van der Waals surface area contributed by atoms with Gasteiger partial charge in [-0.05, 0) is 30.4 Å². The molecule has 0 unspecified atom stereocenters. The molecule has 1 N–H and O–H groups in total. The van der Waals surface area contributed by atoms with Crippen LogP contribution in [0.4, 0.5) is 5.69 Å². The van der Waals surface area contributed by atoms with Crippen LogP contribution in [-0.2, 0) is 4.79 Å². The van der Waals surface area contributed by atoms with Gasteiger partial charge in [0.05, 0.1) is 10.8 Å². The molecule has 0 amide bonds. The van der Waals surface area contributed by atoms with Crippen molar-refractivity contribution in [2.24, 2.45) is 4.99 Å². The van der Waals surface area contributed by atoms with Crippen molar-refractivity contribution in [2.45, 2.75) is 6.42 Å². The second kappa shape index (κ2) is 5.71. The van der Waals surface area contributed by atoms with Crippen molar-refractivity contribution in [3.8, 4) is 11.8 Å². The summed E-state index contributed by atoms with van der Waals surface area (Å²) < 4.78 is 0. The summed E-state index contributed by atoms with van der Waals surface area (Å²) in [5, 5.41) is 10.6. The Bertz CT molecular complexity index is 479. The van der Waals surface area contributed by atoms with Crippen molar-refractivity contribution in [1.82, 2.24) is 0 Å². The lowest BCUT2D eigenvalue weighted by Crippen LogP contribution is -1.90. The molecule has 15 heavy (non-hydrogen) atoms. The Labute approximate surface area is 92.5 Å². The van der Waals surface area contributed by atoms with Crippen LogP contribution in [0.15, 0.2) is 29.3 Å². The van der Waals surface area contributed by atoms with E-state index in [0.29, 0.717) is 11.3 Å². The number of hydrogen-bond donors (Lipinski definition) is 1. The molecule has 0 aromatic heterocycles. The zero-order chi connectivity index (χ0) is 11.1. The lowest BCUT2D eigenvalue weighted by atomic mass is 10.2. The molecule has 0 aliphatic heterocycles. The molecule has 0 saturated carbocycles. The van der Waals surface area contributed by atoms with Gasteiger partial charge < -0.3 is 5.11 Å². The maximum Gasteiger partial charge on any atom is 0.315 e. The molecular formula is C11H7NO2S. The largest absolute Gasteiger partial charge is 0.481 e. The number of hydrogen-bond acceptors (Lipinski definition) is 3. The normalized spacial score (nSPS) is 8.27. The van der Waals surface area contributed by atoms with Gasteiger partial charge in [0.2, 0.25) is 0 Å². The molecule has 1 aromatic carbocycles. The first-order valence-corrected chi connectivity index (χ1v) is 4.52. The van der Waals surface area contributed by atoms with Gasteiger partial charge in [-0.3, -0.25) is 4.79 Å². The zero-order valence-corrected chi connectivity index (χ0v) is 8.54. The number of nitrogens with zero attached hydrogens (tertiary/aromatic N) is 1. The van der Waals surface area contributed by atoms with E-state index in [1.54, 1.807) is 24.3 Å². The molecule has 0 bridgehead atoms. The molecule has 0 radical (unpaired) electrons. The van der Waals surface area contributed by atoms with Crippen molar-refractivity contribution >= 4 is 29.0 Å². The van der Waals surface area contributed by atoms with Crippen molar-refractivity contribution < 1.29 is 9.90 Å². The first kappa shape index (κ1) is 11.1. The third-order valence-electron chi connectivity index (χ3n) is 1.49. The van der Waals surface area contributed by atoms with Crippen LogP contribution in [0.2, 0.25) is 0 Å². The minimum atomic E-state index is -0.935. The van der Waals surface area contributed by atoms with Crippen LogP contribution in [-0.4, -0.2) is 16.2 Å². The van der Waals surface area contributed by atoms with E-state index in [0.717, 1.165) is 0 Å². The Morgan fingerprint density at radius 1 is 1.53 bits per heavy atom. The number of aliphatic imine (C=N–C) groups is 1. The lowest BCUT2D eigenvalue weighted by Gasteiger charge is -1.91. The smallest absolute Gasteiger partial charge is 0.315 e. The fourth-order valence-electron chi connectivity index (χ4n) is 0.928. The molecule has 0 fully saturated rings. The number of thiocarbonyl (C=S) groups is 1. The highest BCUT2D eigenvalue weighted by Crippen LogP contribution is 2.12. The first-order valence-electron chi connectivity index (χ1n) is 4.11. The molecule has 0 aliphatic rings. The van der Waals surface area contributed by atoms with Gasteiger partial charge in [0, 0.05) is 5.56 Å². The Morgan fingerprint density at radius 3 is 3.00 bits per heavy atom. The van der Waals surface area contributed by atoms with Gasteiger partial charge in [0.1, 0.15) is 6.42 Å². The standard InChI is InChI=1S/C11H7NO2S/c13-11(14)6-2-4-9-3-1-5-10(7-9)12-8-15/h1,3,5,7H,6H2,(H,13,14). The molecule has 4 heteroatoms. The number of isothiocyanates is 1. The molecule has 1 rings (SSSR count). The molecule has 3 nitrogen and oxygen atoms in total. The molecule has 0 atom stereocenters. The number of carbonyl (C=O) groups is 1. The summed E-state index contributed by atoms with van der Waals surface area (Å²) in [6.07, 6.45) is -0.166. The van der Waals surface area contributed by atoms with Gasteiger partial charge in [-0.25, -0.2) is 0 Å². The van der Waals surface area contributed by atoms with Gasteiger partial charge in [0.25, 0.3) is 0 Å². The predicted octanol–water partition coefficient (Wildman–Crippen LogP) is 2.25. The summed E-state index contributed by atoms with van der Waals surface area (Å²) in [5.74, 6) is 4.32. The van der Waals surface area contributed by atoms with Gasteiger partial charge in [-0.1, -0.05) is 17.9 Å². The fourth-order valence-corrected chi connectivity index (χ4v) is 1.03. The summed E-state index contributed by atoms with van der Waals surface area (Å²) in [6, 6.07) is 7.03. The number of carboxylic acid groups (broad SMARTS) is 1. The highest BCUT2D eigenvalue weighted by atomic mass is 32.1. The Balaban J connectivity index is 2.84. The van der Waals surface area contributed by atoms with E-state index in [4.69, 9.17) is 5.11 Å². The first-order chi connectivity index (χ1) is 7.22. The highest BCUT2D eigenvalue weighted by Gasteiger charge is 1.91. The summed E-state index contributed by atoms with van der Waals surface area (Å²) >= 11 is 4.47. The second-order valence-corrected chi connectivity index (χ2v) is 2.81. The van der Waals surface area contributed by atoms with Crippen molar-refractivity contribution in [2.75, 3.05) is 0 Å². The van der Waals surface area contributed by atoms with Crippen LogP contribution in [0.1, 0.15) is 12.0 Å². The van der Waals surface area contributed by atoms with Crippen LogP contribution in [0, 0.1) is 11.8 Å². The topological polar surface area (TPSA) is 49.7 Å². The summed E-state index contributed by atoms with van der Waals surface area (Å²) in [6.45, 7) is 0. The van der Waals surface area contributed by atoms with E-state index in [1.165, 1.54) is 0 Å². The molecule has 0 heterocycles. The van der Waals surface area contributed by atoms with Crippen molar-refractivity contribution in [1.29, 1.82) is 0 Å². The molecule has 1 aromatic rings. The zero-order valence-electron chi connectivity index (χ0n) is 7.73. The predicted molar refractivity (Wildman–Crippen MR) is 60.3 cm³/mol. The average Bonchev–Trinajstić information content (AvgIpc) is 2.18. The molecule has 0 saturated heterocycles. The van der Waals surface area contributed by atoms with E-state index in [1.807, 2.05) is 0 Å². The number of aliphatic carboxylic acids is 1. The average molecular weight is 217 g/mol. The summed E-state index contributed by atoms with van der Waals surface area (Å²) in [4.78, 5) is 14.0. The fraction of sp³-hybridized carbons (Fsp3) is 0.0909. The van der Waals surface area contributed by atoms with E-state index in [2.05, 4.69) is 34.2 Å². The summed E-state index contributed by atoms with van der Waals surface area (Å²) in [7, 11) is 0. The molecule has 0 aliphatic carbocycles. The highest BCUT2D eigenvalue weighted by molar-refractivity contribution is 7.78. The van der Waals surface area contributed by atoms with Crippen LogP contribution >= 0.6 is 12.2 Å².